The van der Waals surface area contributed by atoms with Crippen LogP contribution in [0.3, 0.4) is 0 Å². The molecule has 0 rings (SSSR count). The fourth-order valence-electron chi connectivity index (χ4n) is 1.26. The van der Waals surface area contributed by atoms with Gasteiger partial charge in [0.2, 0.25) is 0 Å². The van der Waals surface area contributed by atoms with Gasteiger partial charge in [-0.1, -0.05) is 0 Å². The second-order valence-electron chi connectivity index (χ2n) is 5.29. The zero-order valence-corrected chi connectivity index (χ0v) is 13.4. The van der Waals surface area contributed by atoms with Crippen molar-refractivity contribution < 1.29 is 27.5 Å². The summed E-state index contributed by atoms with van der Waals surface area (Å²) in [6, 6.07) is 0. The van der Waals surface area contributed by atoms with Crippen molar-refractivity contribution in [2.75, 3.05) is 39.6 Å². The van der Waals surface area contributed by atoms with Gasteiger partial charge in [-0.25, -0.2) is 8.42 Å². The molecule has 0 atom stereocenters. The molecule has 0 bridgehead atoms. The SMILES string of the molecule is COC(=O)CN(CCS(=O)(=O)C(C)(C)C)CC(=O)OC. The zero-order valence-electron chi connectivity index (χ0n) is 12.6. The zero-order chi connectivity index (χ0) is 16.0. The molecule has 0 unspecified atom stereocenters. The van der Waals surface area contributed by atoms with E-state index in [1.807, 2.05) is 0 Å². The Bertz CT molecular complexity index is 419. The molecule has 0 aliphatic rings. The van der Waals surface area contributed by atoms with E-state index >= 15 is 0 Å². The fraction of sp³-hybridized carbons (Fsp3) is 0.833. The first-order valence-electron chi connectivity index (χ1n) is 6.11. The number of sulfone groups is 1. The molecule has 0 fully saturated rings. The first kappa shape index (κ1) is 18.9. The van der Waals surface area contributed by atoms with Gasteiger partial charge < -0.3 is 9.47 Å². The number of rotatable bonds is 7. The van der Waals surface area contributed by atoms with Crippen LogP contribution >= 0.6 is 0 Å². The van der Waals surface area contributed by atoms with Gasteiger partial charge in [0, 0.05) is 6.54 Å². The van der Waals surface area contributed by atoms with Gasteiger partial charge in [0.05, 0.1) is 37.8 Å². The molecular weight excluding hydrogens is 286 g/mol. The highest BCUT2D eigenvalue weighted by atomic mass is 32.2. The molecule has 0 aromatic rings. The van der Waals surface area contributed by atoms with Gasteiger partial charge in [-0.3, -0.25) is 14.5 Å². The number of esters is 2. The maximum atomic E-state index is 12.0. The Kier molecular flexibility index (Phi) is 7.15. The van der Waals surface area contributed by atoms with Crippen molar-refractivity contribution in [3.8, 4) is 0 Å². The van der Waals surface area contributed by atoms with Crippen LogP contribution < -0.4 is 0 Å². The molecular formula is C12H23NO6S. The van der Waals surface area contributed by atoms with Crippen LogP contribution in [0.15, 0.2) is 0 Å². The Morgan fingerprint density at radius 1 is 1.00 bits per heavy atom. The molecule has 0 saturated heterocycles. The van der Waals surface area contributed by atoms with Crippen LogP contribution in [0.1, 0.15) is 20.8 Å². The summed E-state index contributed by atoms with van der Waals surface area (Å²) in [5, 5.41) is 0. The number of hydrogen-bond acceptors (Lipinski definition) is 7. The van der Waals surface area contributed by atoms with Gasteiger partial charge in [0.1, 0.15) is 0 Å². The van der Waals surface area contributed by atoms with Crippen molar-refractivity contribution in [2.45, 2.75) is 25.5 Å². The van der Waals surface area contributed by atoms with E-state index in [1.165, 1.54) is 19.1 Å². The van der Waals surface area contributed by atoms with Crippen LogP contribution in [-0.4, -0.2) is 69.6 Å². The minimum atomic E-state index is -3.32. The average Bonchev–Trinajstić information content (AvgIpc) is 2.34. The first-order chi connectivity index (χ1) is 9.03. The lowest BCUT2D eigenvalue weighted by Crippen LogP contribution is -2.41. The van der Waals surface area contributed by atoms with Crippen molar-refractivity contribution in [1.29, 1.82) is 0 Å². The van der Waals surface area contributed by atoms with Gasteiger partial charge in [0.25, 0.3) is 0 Å². The largest absolute Gasteiger partial charge is 0.468 e. The second kappa shape index (κ2) is 7.58. The maximum absolute atomic E-state index is 12.0. The van der Waals surface area contributed by atoms with Crippen molar-refractivity contribution in [1.82, 2.24) is 4.90 Å². The Morgan fingerprint density at radius 2 is 1.40 bits per heavy atom. The molecule has 0 heterocycles. The Hall–Kier alpha value is -1.15. The number of ether oxygens (including phenoxy) is 2. The molecule has 0 saturated carbocycles. The lowest BCUT2D eigenvalue weighted by Gasteiger charge is -2.23. The number of carbonyl (C=O) groups excluding carboxylic acids is 2. The number of methoxy groups -OCH3 is 2. The van der Waals surface area contributed by atoms with E-state index in [1.54, 1.807) is 20.8 Å². The monoisotopic (exact) mass is 309 g/mol. The quantitative estimate of drug-likeness (QED) is 0.604. The van der Waals surface area contributed by atoms with Gasteiger partial charge in [-0.05, 0) is 20.8 Å². The first-order valence-corrected chi connectivity index (χ1v) is 7.77. The summed E-state index contributed by atoms with van der Waals surface area (Å²) >= 11 is 0. The summed E-state index contributed by atoms with van der Waals surface area (Å²) in [4.78, 5) is 23.9. The van der Waals surface area contributed by atoms with Gasteiger partial charge in [-0.2, -0.15) is 0 Å². The smallest absolute Gasteiger partial charge is 0.319 e. The van der Waals surface area contributed by atoms with E-state index in [4.69, 9.17) is 0 Å². The fourth-order valence-corrected chi connectivity index (χ4v) is 2.37. The minimum Gasteiger partial charge on any atom is -0.468 e. The molecule has 20 heavy (non-hydrogen) atoms. The molecule has 0 aromatic heterocycles. The highest BCUT2D eigenvalue weighted by molar-refractivity contribution is 7.92. The lowest BCUT2D eigenvalue weighted by molar-refractivity contribution is -0.145. The molecule has 0 N–H and O–H groups in total. The highest BCUT2D eigenvalue weighted by Crippen LogP contribution is 2.15. The summed E-state index contributed by atoms with van der Waals surface area (Å²) in [5.74, 6) is -1.23. The van der Waals surface area contributed by atoms with E-state index < -0.39 is 26.5 Å². The van der Waals surface area contributed by atoms with Crippen LogP contribution in [0.4, 0.5) is 0 Å². The molecule has 7 nitrogen and oxygen atoms in total. The van der Waals surface area contributed by atoms with E-state index in [-0.39, 0.29) is 25.4 Å². The van der Waals surface area contributed by atoms with Crippen LogP contribution in [-0.2, 0) is 28.9 Å². The number of carbonyl (C=O) groups is 2. The summed E-state index contributed by atoms with van der Waals surface area (Å²) < 4.78 is 32.2. The Balaban J connectivity index is 4.73. The lowest BCUT2D eigenvalue weighted by atomic mass is 10.3. The van der Waals surface area contributed by atoms with Crippen LogP contribution in [0, 0.1) is 0 Å². The summed E-state index contributed by atoms with van der Waals surface area (Å²) in [7, 11) is -0.870. The van der Waals surface area contributed by atoms with Crippen molar-refractivity contribution in [2.24, 2.45) is 0 Å². The van der Waals surface area contributed by atoms with Crippen molar-refractivity contribution in [3.05, 3.63) is 0 Å². The number of nitrogens with zero attached hydrogens (tertiary/aromatic N) is 1. The molecule has 8 heteroatoms. The second-order valence-corrected chi connectivity index (χ2v) is 8.16. The normalized spacial score (nSPS) is 12.3. The predicted molar refractivity (Wildman–Crippen MR) is 74.0 cm³/mol. The van der Waals surface area contributed by atoms with Crippen molar-refractivity contribution >= 4 is 21.8 Å². The third kappa shape index (κ3) is 6.33. The van der Waals surface area contributed by atoms with Crippen LogP contribution in [0.25, 0.3) is 0 Å². The summed E-state index contributed by atoms with van der Waals surface area (Å²) in [5.41, 5.74) is 0. The molecule has 0 radical (unpaired) electrons. The molecule has 0 aromatic carbocycles. The third-order valence-corrected chi connectivity index (χ3v) is 5.36. The molecule has 118 valence electrons. The van der Waals surface area contributed by atoms with Crippen LogP contribution in [0.2, 0.25) is 0 Å². The molecule has 0 aliphatic carbocycles. The van der Waals surface area contributed by atoms with Gasteiger partial charge in [0.15, 0.2) is 9.84 Å². The predicted octanol–water partition coefficient (Wildman–Crippen LogP) is -0.152. The third-order valence-electron chi connectivity index (χ3n) is 2.77. The van der Waals surface area contributed by atoms with E-state index in [0.717, 1.165) is 0 Å². The van der Waals surface area contributed by atoms with Crippen molar-refractivity contribution in [3.63, 3.8) is 0 Å². The number of hydrogen-bond donors (Lipinski definition) is 0. The Labute approximate surface area is 120 Å². The highest BCUT2D eigenvalue weighted by Gasteiger charge is 2.29. The summed E-state index contributed by atoms with van der Waals surface area (Å²) in [6.45, 7) is 4.55. The standard InChI is InChI=1S/C12H23NO6S/c1-12(2,3)20(16,17)7-6-13(8-10(14)18-4)9-11(15)19-5/h6-9H2,1-5H3. The van der Waals surface area contributed by atoms with E-state index in [9.17, 15) is 18.0 Å². The summed E-state index contributed by atoms with van der Waals surface area (Å²) in [6.07, 6.45) is 0. The van der Waals surface area contributed by atoms with E-state index in [0.29, 0.717) is 0 Å². The van der Waals surface area contributed by atoms with Gasteiger partial charge in [-0.15, -0.1) is 0 Å². The molecule has 0 spiro atoms. The van der Waals surface area contributed by atoms with Crippen LogP contribution in [0.5, 0.6) is 0 Å². The molecule has 0 aliphatic heterocycles. The topological polar surface area (TPSA) is 90.0 Å². The minimum absolute atomic E-state index is 0.0593. The molecule has 0 amide bonds. The van der Waals surface area contributed by atoms with E-state index in [2.05, 4.69) is 9.47 Å². The Morgan fingerprint density at radius 3 is 1.70 bits per heavy atom. The van der Waals surface area contributed by atoms with Gasteiger partial charge >= 0.3 is 11.9 Å². The average molecular weight is 309 g/mol. The maximum Gasteiger partial charge on any atom is 0.319 e.